The zero-order chi connectivity index (χ0) is 26.8. The number of fused-ring (bicyclic) bond motifs is 1. The highest BCUT2D eigenvalue weighted by Gasteiger charge is 2.29. The van der Waals surface area contributed by atoms with E-state index in [2.05, 4.69) is 24.1 Å². The number of furan rings is 1. The molecule has 4 heterocycles. The molecule has 2 fully saturated rings. The first-order valence-corrected chi connectivity index (χ1v) is 13.3. The van der Waals surface area contributed by atoms with Crippen molar-refractivity contribution in [1.29, 1.82) is 0 Å². The second kappa shape index (κ2) is 13.5. The van der Waals surface area contributed by atoms with Gasteiger partial charge in [0, 0.05) is 40.9 Å². The lowest BCUT2D eigenvalue weighted by molar-refractivity contribution is -0.141. The van der Waals surface area contributed by atoms with Gasteiger partial charge in [-0.3, -0.25) is 19.4 Å². The number of hydrogen-bond donors (Lipinski definition) is 1. The molecule has 2 aromatic heterocycles. The van der Waals surface area contributed by atoms with Crippen LogP contribution in [-0.2, 0) is 32.1 Å². The van der Waals surface area contributed by atoms with E-state index in [-0.39, 0.29) is 16.6 Å². The summed E-state index contributed by atoms with van der Waals surface area (Å²) >= 11 is 7.74. The van der Waals surface area contributed by atoms with Gasteiger partial charge in [0.15, 0.2) is 5.58 Å². The van der Waals surface area contributed by atoms with E-state index in [9.17, 15) is 14.4 Å². The van der Waals surface area contributed by atoms with Crippen molar-refractivity contribution in [2.75, 3.05) is 19.0 Å². The van der Waals surface area contributed by atoms with Crippen LogP contribution >= 0.6 is 23.4 Å². The number of pyridine rings is 1. The number of nitrogens with zero attached hydrogens (tertiary/aromatic N) is 2. The van der Waals surface area contributed by atoms with Crippen molar-refractivity contribution in [2.45, 2.75) is 44.9 Å². The molecule has 0 bridgehead atoms. The van der Waals surface area contributed by atoms with Gasteiger partial charge in [0.25, 0.3) is 0 Å². The lowest BCUT2D eigenvalue weighted by Gasteiger charge is -2.14. The predicted molar refractivity (Wildman–Crippen MR) is 145 cm³/mol. The lowest BCUT2D eigenvalue weighted by atomic mass is 10.0. The highest BCUT2D eigenvalue weighted by atomic mass is 35.5. The smallest absolute Gasteiger partial charge is 0.309 e. The Morgan fingerprint density at radius 1 is 1.30 bits per heavy atom. The highest BCUT2D eigenvalue weighted by molar-refractivity contribution is 8.00. The number of amides is 2. The maximum absolute atomic E-state index is 11.3. The fourth-order valence-corrected chi connectivity index (χ4v) is 5.16. The molecule has 10 heteroatoms. The summed E-state index contributed by atoms with van der Waals surface area (Å²) in [6, 6.07) is 9.53. The number of benzene rings is 1. The largest absolute Gasteiger partial charge is 0.465 e. The Labute approximate surface area is 226 Å². The minimum absolute atomic E-state index is 0.0477. The molecule has 0 aliphatic carbocycles. The molecule has 1 atom stereocenters. The van der Waals surface area contributed by atoms with E-state index in [1.165, 1.54) is 0 Å². The third-order valence-electron chi connectivity index (χ3n) is 5.93. The molecule has 0 radical (unpaired) electrons. The van der Waals surface area contributed by atoms with Crippen molar-refractivity contribution in [1.82, 2.24) is 15.2 Å². The number of aromatic nitrogens is 1. The van der Waals surface area contributed by atoms with Crippen molar-refractivity contribution in [3.63, 3.8) is 0 Å². The van der Waals surface area contributed by atoms with E-state index in [4.69, 9.17) is 20.8 Å². The van der Waals surface area contributed by atoms with Crippen LogP contribution in [0.4, 0.5) is 0 Å². The van der Waals surface area contributed by atoms with Crippen molar-refractivity contribution in [2.24, 2.45) is 5.92 Å². The van der Waals surface area contributed by atoms with E-state index in [0.29, 0.717) is 31.0 Å². The molecule has 2 amide bonds. The Balaban J connectivity index is 0.000000162. The fourth-order valence-electron chi connectivity index (χ4n) is 3.95. The van der Waals surface area contributed by atoms with Gasteiger partial charge in [-0.25, -0.2) is 0 Å². The number of rotatable bonds is 6. The Hall–Kier alpha value is -3.04. The molecule has 8 nitrogen and oxygen atoms in total. The number of aryl methyl sites for hydroxylation is 1. The summed E-state index contributed by atoms with van der Waals surface area (Å²) in [6.07, 6.45) is 6.41. The Bertz CT molecular complexity index is 1160. The number of thioether (sulfide) groups is 1. The van der Waals surface area contributed by atoms with E-state index in [1.807, 2.05) is 49.0 Å². The zero-order valence-electron chi connectivity index (χ0n) is 21.2. The summed E-state index contributed by atoms with van der Waals surface area (Å²) in [5, 5.41) is 4.30. The third kappa shape index (κ3) is 8.50. The standard InChI is InChI=1S/C12H11NO3.C9H10ClNO.C6H11NOS/c14-12-9(2-4-15-12)6-10-5-8-1-3-13-7-11(8)16-10;1-7-3-2-4-9(10)8(7)5-11-6-12;1-6(2)3-7(4-8)5-9-6/h1,3,5,7,9H,2,4,6H2;2-4,6H,5H2,1H3,(H,11,12);4H,3,5H2,1-2H3/t9-;;/m0../s1. The molecular weight excluding hydrogens is 514 g/mol. The van der Waals surface area contributed by atoms with Gasteiger partial charge in [-0.2, -0.15) is 0 Å². The van der Waals surface area contributed by atoms with Crippen LogP contribution in [0.2, 0.25) is 5.02 Å². The molecule has 0 saturated carbocycles. The molecule has 1 aromatic carbocycles. The number of halogens is 1. The normalized spacial score (nSPS) is 17.8. The Morgan fingerprint density at radius 2 is 2.11 bits per heavy atom. The van der Waals surface area contributed by atoms with Gasteiger partial charge in [-0.1, -0.05) is 23.7 Å². The Kier molecular flexibility index (Phi) is 10.4. The molecule has 0 spiro atoms. The van der Waals surface area contributed by atoms with E-state index >= 15 is 0 Å². The zero-order valence-corrected chi connectivity index (χ0v) is 22.8. The SMILES string of the molecule is CC1(C)CN(C=O)CS1.Cc1cccc(Cl)c1CNC=O.O=C1OCC[C@H]1Cc1cc2ccncc2o1. The molecule has 5 rings (SSSR count). The number of cyclic esters (lactones) is 1. The summed E-state index contributed by atoms with van der Waals surface area (Å²) in [5.41, 5.74) is 2.84. The number of ether oxygens (including phenoxy) is 1. The molecule has 2 saturated heterocycles. The quantitative estimate of drug-likeness (QED) is 0.352. The van der Waals surface area contributed by atoms with Crippen LogP contribution < -0.4 is 5.32 Å². The molecule has 2 aliphatic heterocycles. The number of hydrogen-bond acceptors (Lipinski definition) is 7. The molecule has 2 aliphatic rings. The van der Waals surface area contributed by atoms with Gasteiger partial charge in [0.1, 0.15) is 5.76 Å². The summed E-state index contributed by atoms with van der Waals surface area (Å²) in [4.78, 5) is 37.4. The molecule has 3 aromatic rings. The highest BCUT2D eigenvalue weighted by Crippen LogP contribution is 2.31. The minimum atomic E-state index is -0.112. The van der Waals surface area contributed by atoms with Gasteiger partial charge in [-0.05, 0) is 56.5 Å². The van der Waals surface area contributed by atoms with Crippen LogP contribution in [0.3, 0.4) is 0 Å². The van der Waals surface area contributed by atoms with Crippen LogP contribution in [0.25, 0.3) is 11.0 Å². The maximum Gasteiger partial charge on any atom is 0.309 e. The Morgan fingerprint density at radius 3 is 2.68 bits per heavy atom. The first kappa shape index (κ1) is 28.5. The second-order valence-corrected chi connectivity index (χ2v) is 11.5. The molecule has 37 heavy (non-hydrogen) atoms. The summed E-state index contributed by atoms with van der Waals surface area (Å²) in [5.74, 6) is 1.52. The molecular formula is C27H32ClN3O5S. The van der Waals surface area contributed by atoms with Crippen LogP contribution in [0.15, 0.2) is 47.1 Å². The van der Waals surface area contributed by atoms with Crippen molar-refractivity contribution in [3.05, 3.63) is 64.6 Å². The third-order valence-corrected chi connectivity index (χ3v) is 7.66. The van der Waals surface area contributed by atoms with E-state index < -0.39 is 0 Å². The van der Waals surface area contributed by atoms with Crippen LogP contribution in [0, 0.1) is 12.8 Å². The van der Waals surface area contributed by atoms with Crippen LogP contribution in [0.5, 0.6) is 0 Å². The van der Waals surface area contributed by atoms with E-state index in [0.717, 1.165) is 53.1 Å². The lowest BCUT2D eigenvalue weighted by Crippen LogP contribution is -2.25. The van der Waals surface area contributed by atoms with Crippen molar-refractivity contribution in [3.8, 4) is 0 Å². The van der Waals surface area contributed by atoms with Gasteiger partial charge in [0.2, 0.25) is 12.8 Å². The first-order valence-electron chi connectivity index (χ1n) is 12.0. The van der Waals surface area contributed by atoms with Gasteiger partial charge in [0.05, 0.1) is 24.6 Å². The first-order chi connectivity index (χ1) is 17.7. The summed E-state index contributed by atoms with van der Waals surface area (Å²) in [7, 11) is 0. The van der Waals surface area contributed by atoms with Crippen molar-refractivity contribution >= 4 is 53.1 Å². The number of carbonyl (C=O) groups excluding carboxylic acids is 3. The number of carbonyl (C=O) groups is 3. The van der Waals surface area contributed by atoms with E-state index in [1.54, 1.807) is 17.3 Å². The summed E-state index contributed by atoms with van der Waals surface area (Å²) < 4.78 is 10.8. The topological polar surface area (TPSA) is 102 Å². The maximum atomic E-state index is 11.3. The summed E-state index contributed by atoms with van der Waals surface area (Å²) in [6.45, 7) is 8.19. The monoisotopic (exact) mass is 545 g/mol. The average molecular weight is 546 g/mol. The van der Waals surface area contributed by atoms with Gasteiger partial charge in [-0.15, -0.1) is 11.8 Å². The second-order valence-electron chi connectivity index (χ2n) is 9.40. The minimum Gasteiger partial charge on any atom is -0.465 e. The molecule has 1 N–H and O–H groups in total. The van der Waals surface area contributed by atoms with Crippen LogP contribution in [-0.4, -0.2) is 52.4 Å². The van der Waals surface area contributed by atoms with Gasteiger partial charge < -0.3 is 19.4 Å². The predicted octanol–water partition coefficient (Wildman–Crippen LogP) is 4.76. The molecule has 198 valence electrons. The molecule has 0 unspecified atom stereocenters. The average Bonchev–Trinajstić information content (AvgIpc) is 3.57. The van der Waals surface area contributed by atoms with Crippen molar-refractivity contribution < 1.29 is 23.5 Å². The van der Waals surface area contributed by atoms with Crippen LogP contribution in [0.1, 0.15) is 37.2 Å². The van der Waals surface area contributed by atoms with Gasteiger partial charge >= 0.3 is 5.97 Å². The number of nitrogens with one attached hydrogen (secondary N) is 1. The fraction of sp³-hybridized carbons (Fsp3) is 0.407. The number of esters is 1.